The number of aromatic nitrogens is 1. The van der Waals surface area contributed by atoms with E-state index in [4.69, 9.17) is 17.2 Å². The summed E-state index contributed by atoms with van der Waals surface area (Å²) in [4.78, 5) is 35.6. The van der Waals surface area contributed by atoms with Crippen LogP contribution in [0.25, 0.3) is 0 Å². The lowest BCUT2D eigenvalue weighted by Crippen LogP contribution is -2.19. The van der Waals surface area contributed by atoms with Gasteiger partial charge in [-0.05, 0) is 0 Å². The molecule has 1 aromatic rings. The Labute approximate surface area is 81.9 Å². The summed E-state index contributed by atoms with van der Waals surface area (Å²) in [6.45, 7) is 0. The van der Waals surface area contributed by atoms with Gasteiger partial charge in [-0.2, -0.15) is 0 Å². The molecule has 0 atom stereocenters. The standard InChI is InChI=1S/C6H6N4O3S/c7-3(11)1-2(4(8)12)14-6(10-1)5(9)13/h(H2,7,11)(H2,8,12)(H2,9,13). The zero-order valence-electron chi connectivity index (χ0n) is 6.81. The van der Waals surface area contributed by atoms with E-state index in [1.807, 2.05) is 0 Å². The van der Waals surface area contributed by atoms with E-state index in [1.165, 1.54) is 0 Å². The van der Waals surface area contributed by atoms with Gasteiger partial charge in [0.1, 0.15) is 4.88 Å². The van der Waals surface area contributed by atoms with Gasteiger partial charge >= 0.3 is 0 Å². The van der Waals surface area contributed by atoms with E-state index in [0.717, 1.165) is 0 Å². The molecule has 1 aromatic heterocycles. The maximum absolute atomic E-state index is 10.8. The lowest BCUT2D eigenvalue weighted by molar-refractivity contribution is 0.0966. The number of thiazole rings is 1. The Kier molecular flexibility index (Phi) is 2.47. The highest BCUT2D eigenvalue weighted by Gasteiger charge is 2.21. The second-order valence-electron chi connectivity index (χ2n) is 2.29. The first-order valence-electron chi connectivity index (χ1n) is 3.33. The molecule has 0 aromatic carbocycles. The lowest BCUT2D eigenvalue weighted by atomic mass is 10.3. The predicted molar refractivity (Wildman–Crippen MR) is 47.7 cm³/mol. The minimum Gasteiger partial charge on any atom is -0.365 e. The van der Waals surface area contributed by atoms with Crippen LogP contribution in [-0.2, 0) is 0 Å². The minimum atomic E-state index is -0.928. The number of hydrogen-bond acceptors (Lipinski definition) is 5. The summed E-state index contributed by atoms with van der Waals surface area (Å²) in [6, 6.07) is 0. The summed E-state index contributed by atoms with van der Waals surface area (Å²) in [5, 5.41) is -0.174. The van der Waals surface area contributed by atoms with Crippen molar-refractivity contribution in [1.82, 2.24) is 4.98 Å². The van der Waals surface area contributed by atoms with Gasteiger partial charge in [-0.25, -0.2) is 4.98 Å². The van der Waals surface area contributed by atoms with Gasteiger partial charge < -0.3 is 17.2 Å². The zero-order valence-corrected chi connectivity index (χ0v) is 7.63. The quantitative estimate of drug-likeness (QED) is 0.559. The molecular formula is C6H6N4O3S. The van der Waals surface area contributed by atoms with Crippen LogP contribution < -0.4 is 17.2 Å². The fraction of sp³-hybridized carbons (Fsp3) is 0. The van der Waals surface area contributed by atoms with Crippen molar-refractivity contribution in [1.29, 1.82) is 0 Å². The molecule has 1 heterocycles. The van der Waals surface area contributed by atoms with E-state index in [2.05, 4.69) is 4.98 Å². The van der Waals surface area contributed by atoms with E-state index >= 15 is 0 Å². The number of rotatable bonds is 3. The van der Waals surface area contributed by atoms with Crippen molar-refractivity contribution in [2.24, 2.45) is 17.2 Å². The molecule has 7 nitrogen and oxygen atoms in total. The van der Waals surface area contributed by atoms with Crippen molar-refractivity contribution in [3.05, 3.63) is 15.6 Å². The fourth-order valence-corrected chi connectivity index (χ4v) is 1.53. The normalized spacial score (nSPS) is 9.71. The molecule has 0 aliphatic carbocycles. The third-order valence-electron chi connectivity index (χ3n) is 1.30. The summed E-state index contributed by atoms with van der Waals surface area (Å²) in [5.41, 5.74) is 14.4. The molecule has 0 aliphatic heterocycles. The minimum absolute atomic E-state index is 0.161. The first-order valence-corrected chi connectivity index (χ1v) is 4.15. The van der Waals surface area contributed by atoms with Gasteiger partial charge in [0.15, 0.2) is 10.7 Å². The predicted octanol–water partition coefficient (Wildman–Crippen LogP) is -1.56. The fourth-order valence-electron chi connectivity index (χ4n) is 0.760. The van der Waals surface area contributed by atoms with Gasteiger partial charge in [0.05, 0.1) is 0 Å². The van der Waals surface area contributed by atoms with Crippen LogP contribution in [0.2, 0.25) is 0 Å². The van der Waals surface area contributed by atoms with Gasteiger partial charge in [0, 0.05) is 0 Å². The van der Waals surface area contributed by atoms with Crippen molar-refractivity contribution < 1.29 is 14.4 Å². The van der Waals surface area contributed by atoms with E-state index in [9.17, 15) is 14.4 Å². The van der Waals surface area contributed by atoms with Crippen LogP contribution in [-0.4, -0.2) is 22.7 Å². The van der Waals surface area contributed by atoms with E-state index in [-0.39, 0.29) is 15.6 Å². The SMILES string of the molecule is NC(=O)c1nc(C(N)=O)c(C(N)=O)s1. The van der Waals surface area contributed by atoms with Crippen LogP contribution >= 0.6 is 11.3 Å². The number of nitrogens with two attached hydrogens (primary N) is 3. The highest BCUT2D eigenvalue weighted by atomic mass is 32.1. The van der Waals surface area contributed by atoms with E-state index < -0.39 is 17.7 Å². The number of carbonyl (C=O) groups excluding carboxylic acids is 3. The van der Waals surface area contributed by atoms with Gasteiger partial charge in [-0.1, -0.05) is 0 Å². The summed E-state index contributed by atoms with van der Waals surface area (Å²) in [5.74, 6) is -2.64. The van der Waals surface area contributed by atoms with Crippen molar-refractivity contribution >= 4 is 29.1 Å². The van der Waals surface area contributed by atoms with Crippen molar-refractivity contribution in [3.8, 4) is 0 Å². The topological polar surface area (TPSA) is 142 Å². The first kappa shape index (κ1) is 10.1. The second-order valence-corrected chi connectivity index (χ2v) is 3.29. The first-order chi connectivity index (χ1) is 6.43. The van der Waals surface area contributed by atoms with E-state index in [1.54, 1.807) is 0 Å². The number of hydrogen-bond donors (Lipinski definition) is 3. The Morgan fingerprint density at radius 3 is 1.86 bits per heavy atom. The van der Waals surface area contributed by atoms with Crippen molar-refractivity contribution in [2.45, 2.75) is 0 Å². The van der Waals surface area contributed by atoms with Gasteiger partial charge in [0.25, 0.3) is 17.7 Å². The van der Waals surface area contributed by atoms with Crippen LogP contribution in [0.4, 0.5) is 0 Å². The van der Waals surface area contributed by atoms with Crippen LogP contribution in [0.15, 0.2) is 0 Å². The summed E-state index contributed by atoms with van der Waals surface area (Å²) < 4.78 is 0. The van der Waals surface area contributed by atoms with Crippen molar-refractivity contribution in [3.63, 3.8) is 0 Å². The van der Waals surface area contributed by atoms with Crippen LogP contribution in [0.1, 0.15) is 30.0 Å². The Morgan fingerprint density at radius 2 is 1.57 bits per heavy atom. The maximum Gasteiger partial charge on any atom is 0.277 e. The molecule has 14 heavy (non-hydrogen) atoms. The summed E-state index contributed by atoms with van der Waals surface area (Å²) >= 11 is 0.643. The number of amides is 3. The molecule has 0 aliphatic rings. The highest BCUT2D eigenvalue weighted by molar-refractivity contribution is 7.15. The van der Waals surface area contributed by atoms with Gasteiger partial charge in [-0.15, -0.1) is 11.3 Å². The molecule has 3 amide bonds. The van der Waals surface area contributed by atoms with Gasteiger partial charge in [0.2, 0.25) is 0 Å². The lowest BCUT2D eigenvalue weighted by Gasteiger charge is -1.90. The Bertz CT molecular complexity index is 393. The Balaban J connectivity index is 3.33. The molecular weight excluding hydrogens is 208 g/mol. The number of nitrogens with zero attached hydrogens (tertiary/aromatic N) is 1. The molecule has 6 N–H and O–H groups in total. The molecule has 0 radical (unpaired) electrons. The smallest absolute Gasteiger partial charge is 0.277 e. The Morgan fingerprint density at radius 1 is 1.00 bits per heavy atom. The molecule has 8 heteroatoms. The number of carbonyl (C=O) groups is 3. The molecule has 0 saturated carbocycles. The molecule has 0 saturated heterocycles. The Hall–Kier alpha value is -1.96. The van der Waals surface area contributed by atoms with Gasteiger partial charge in [-0.3, -0.25) is 14.4 Å². The summed E-state index contributed by atoms with van der Waals surface area (Å²) in [6.07, 6.45) is 0. The second kappa shape index (κ2) is 3.42. The molecule has 0 unspecified atom stereocenters. The maximum atomic E-state index is 10.8. The van der Waals surface area contributed by atoms with Crippen LogP contribution in [0.5, 0.6) is 0 Å². The average molecular weight is 214 g/mol. The molecule has 1 rings (SSSR count). The molecule has 0 fully saturated rings. The molecule has 0 bridgehead atoms. The van der Waals surface area contributed by atoms with E-state index in [0.29, 0.717) is 11.3 Å². The van der Waals surface area contributed by atoms with Crippen LogP contribution in [0, 0.1) is 0 Å². The zero-order chi connectivity index (χ0) is 10.9. The third-order valence-corrected chi connectivity index (χ3v) is 2.38. The average Bonchev–Trinajstić information content (AvgIpc) is 2.47. The number of primary amides is 3. The molecule has 0 spiro atoms. The largest absolute Gasteiger partial charge is 0.365 e. The molecule has 74 valence electrons. The van der Waals surface area contributed by atoms with Crippen molar-refractivity contribution in [2.75, 3.05) is 0 Å². The third kappa shape index (κ3) is 1.69. The van der Waals surface area contributed by atoms with Crippen LogP contribution in [0.3, 0.4) is 0 Å². The highest BCUT2D eigenvalue weighted by Crippen LogP contribution is 2.17. The summed E-state index contributed by atoms with van der Waals surface area (Å²) in [7, 11) is 0. The monoisotopic (exact) mass is 214 g/mol.